The topological polar surface area (TPSA) is 78.9 Å². The van der Waals surface area contributed by atoms with E-state index in [0.717, 1.165) is 89.9 Å². The molecule has 0 heterocycles. The molecule has 6 heteroatoms. The second kappa shape index (κ2) is 62.9. The summed E-state index contributed by atoms with van der Waals surface area (Å²) in [5.41, 5.74) is 0. The minimum absolute atomic E-state index is 0.0716. The van der Waals surface area contributed by atoms with Crippen molar-refractivity contribution in [3.8, 4) is 0 Å². The maximum Gasteiger partial charge on any atom is 0.306 e. The predicted octanol–water partition coefficient (Wildman–Crippen LogP) is 22.2. The third-order valence-electron chi connectivity index (χ3n) is 14.6. The average molecular weight is 1040 g/mol. The molecule has 0 radical (unpaired) electrons. The Balaban J connectivity index is 4.19. The lowest BCUT2D eigenvalue weighted by atomic mass is 10.0. The molecule has 1 unspecified atom stereocenters. The van der Waals surface area contributed by atoms with Crippen molar-refractivity contribution >= 4 is 17.9 Å². The fourth-order valence-corrected chi connectivity index (χ4v) is 9.73. The van der Waals surface area contributed by atoms with Gasteiger partial charge in [0.15, 0.2) is 6.10 Å². The number of esters is 3. The molecule has 6 nitrogen and oxygen atoms in total. The highest BCUT2D eigenvalue weighted by Gasteiger charge is 2.19. The van der Waals surface area contributed by atoms with Gasteiger partial charge in [-0.3, -0.25) is 14.4 Å². The third kappa shape index (κ3) is 60.2. The highest BCUT2D eigenvalue weighted by molar-refractivity contribution is 5.71. The molecular formula is C68H124O6. The van der Waals surface area contributed by atoms with Gasteiger partial charge in [-0.05, 0) is 57.8 Å². The van der Waals surface area contributed by atoms with Crippen molar-refractivity contribution < 1.29 is 28.6 Å². The zero-order valence-electron chi connectivity index (χ0n) is 49.6. The number of rotatable bonds is 60. The molecule has 432 valence electrons. The number of allylic oxidation sites excluding steroid dienone is 8. The van der Waals surface area contributed by atoms with E-state index < -0.39 is 6.10 Å². The zero-order chi connectivity index (χ0) is 53.6. The zero-order valence-corrected chi connectivity index (χ0v) is 49.6. The smallest absolute Gasteiger partial charge is 0.306 e. The maximum absolute atomic E-state index is 12.9. The molecule has 0 aliphatic carbocycles. The van der Waals surface area contributed by atoms with Gasteiger partial charge in [0.05, 0.1) is 0 Å². The van der Waals surface area contributed by atoms with E-state index in [1.54, 1.807) is 0 Å². The summed E-state index contributed by atoms with van der Waals surface area (Å²) in [6.07, 6.45) is 78.5. The maximum atomic E-state index is 12.9. The van der Waals surface area contributed by atoms with Gasteiger partial charge in [0, 0.05) is 19.3 Å². The number of carbonyl (C=O) groups is 3. The van der Waals surface area contributed by atoms with Crippen molar-refractivity contribution in [2.45, 2.75) is 354 Å². The monoisotopic (exact) mass is 1040 g/mol. The van der Waals surface area contributed by atoms with E-state index in [0.29, 0.717) is 19.3 Å². The van der Waals surface area contributed by atoms with Crippen LogP contribution in [0.3, 0.4) is 0 Å². The summed E-state index contributed by atoms with van der Waals surface area (Å²) < 4.78 is 16.9. The number of carbonyl (C=O) groups excluding carboxylic acids is 3. The summed E-state index contributed by atoms with van der Waals surface area (Å²) in [6.45, 7) is 6.57. The lowest BCUT2D eigenvalue weighted by Gasteiger charge is -2.18. The van der Waals surface area contributed by atoms with Gasteiger partial charge in [-0.1, -0.05) is 320 Å². The van der Waals surface area contributed by atoms with E-state index >= 15 is 0 Å². The van der Waals surface area contributed by atoms with Gasteiger partial charge in [0.1, 0.15) is 13.2 Å². The Labute approximate surface area is 460 Å². The standard InChI is InChI=1S/C68H124O6/c1-4-7-10-13-16-19-22-24-26-28-30-32-33-34-35-37-38-40-42-44-46-49-52-55-58-61-67(70)73-64-65(63-72-66(69)60-57-54-51-48-21-18-15-12-9-6-3)74-68(71)62-59-56-53-50-47-45-43-41-39-36-31-29-27-25-23-20-17-14-11-8-5-2/h8,11,17,20,25,27,31,36,65H,4-7,9-10,12-16,18-19,21-24,26,28-30,32-35,37-64H2,1-3H3/b11-8-,20-17-,27-25-,36-31-. The van der Waals surface area contributed by atoms with E-state index in [2.05, 4.69) is 69.4 Å². The van der Waals surface area contributed by atoms with E-state index in [4.69, 9.17) is 14.2 Å². The van der Waals surface area contributed by atoms with Gasteiger partial charge >= 0.3 is 17.9 Å². The first-order chi connectivity index (χ1) is 36.5. The van der Waals surface area contributed by atoms with Gasteiger partial charge in [-0.15, -0.1) is 0 Å². The van der Waals surface area contributed by atoms with Crippen LogP contribution in [0, 0.1) is 0 Å². The first-order valence-corrected chi connectivity index (χ1v) is 32.6. The van der Waals surface area contributed by atoms with Crippen LogP contribution in [0.25, 0.3) is 0 Å². The molecule has 0 aromatic heterocycles. The number of unbranched alkanes of at least 4 members (excludes halogenated alkanes) is 41. The Morgan fingerprint density at radius 2 is 0.527 bits per heavy atom. The van der Waals surface area contributed by atoms with Crippen molar-refractivity contribution in [1.29, 1.82) is 0 Å². The highest BCUT2D eigenvalue weighted by Crippen LogP contribution is 2.18. The van der Waals surface area contributed by atoms with Gasteiger partial charge in [0.2, 0.25) is 0 Å². The quantitative estimate of drug-likeness (QED) is 0.0261. The van der Waals surface area contributed by atoms with Gasteiger partial charge in [0.25, 0.3) is 0 Å². The Bertz CT molecular complexity index is 1280. The van der Waals surface area contributed by atoms with Crippen LogP contribution in [-0.2, 0) is 28.6 Å². The van der Waals surface area contributed by atoms with Crippen LogP contribution >= 0.6 is 0 Å². The van der Waals surface area contributed by atoms with Crippen molar-refractivity contribution in [3.63, 3.8) is 0 Å². The molecule has 1 atom stereocenters. The van der Waals surface area contributed by atoms with Crippen LogP contribution in [0.15, 0.2) is 48.6 Å². The molecule has 0 aliphatic heterocycles. The van der Waals surface area contributed by atoms with E-state index in [9.17, 15) is 14.4 Å². The highest BCUT2D eigenvalue weighted by atomic mass is 16.6. The van der Waals surface area contributed by atoms with Crippen LogP contribution in [0.2, 0.25) is 0 Å². The third-order valence-corrected chi connectivity index (χ3v) is 14.6. The van der Waals surface area contributed by atoms with Crippen LogP contribution < -0.4 is 0 Å². The Morgan fingerprint density at radius 1 is 0.284 bits per heavy atom. The Hall–Kier alpha value is -2.63. The summed E-state index contributed by atoms with van der Waals surface area (Å²) in [6, 6.07) is 0. The summed E-state index contributed by atoms with van der Waals surface area (Å²) in [4.78, 5) is 38.2. The van der Waals surface area contributed by atoms with Crippen LogP contribution in [-0.4, -0.2) is 37.2 Å². The van der Waals surface area contributed by atoms with Gasteiger partial charge in [-0.2, -0.15) is 0 Å². The van der Waals surface area contributed by atoms with Gasteiger partial charge in [-0.25, -0.2) is 0 Å². The minimum atomic E-state index is -0.774. The summed E-state index contributed by atoms with van der Waals surface area (Å²) >= 11 is 0. The number of hydrogen-bond acceptors (Lipinski definition) is 6. The predicted molar refractivity (Wildman–Crippen MR) is 321 cm³/mol. The molecule has 0 spiro atoms. The molecule has 74 heavy (non-hydrogen) atoms. The molecule has 0 aliphatic rings. The van der Waals surface area contributed by atoms with Crippen molar-refractivity contribution in [1.82, 2.24) is 0 Å². The molecule has 0 aromatic carbocycles. The minimum Gasteiger partial charge on any atom is -0.462 e. The lowest BCUT2D eigenvalue weighted by Crippen LogP contribution is -2.30. The SMILES string of the molecule is CC/C=C\C/C=C\C/C=C\C/C=C\CCCCCCCCCCC(=O)OC(COC(=O)CCCCCCCCCCCC)COC(=O)CCCCCCCCCCCCCCCCCCCCCCCCCCC. The molecule has 0 saturated heterocycles. The Kier molecular flexibility index (Phi) is 60.7. The first kappa shape index (κ1) is 71.4. The molecule has 0 N–H and O–H groups in total. The second-order valence-electron chi connectivity index (χ2n) is 22.0. The lowest BCUT2D eigenvalue weighted by molar-refractivity contribution is -0.167. The number of hydrogen-bond donors (Lipinski definition) is 0. The molecule has 0 saturated carbocycles. The van der Waals surface area contributed by atoms with Crippen molar-refractivity contribution in [2.24, 2.45) is 0 Å². The molecule has 0 fully saturated rings. The average Bonchev–Trinajstić information content (AvgIpc) is 3.40. The summed E-state index contributed by atoms with van der Waals surface area (Å²) in [5, 5.41) is 0. The largest absolute Gasteiger partial charge is 0.462 e. The molecule has 0 aromatic rings. The fourth-order valence-electron chi connectivity index (χ4n) is 9.73. The van der Waals surface area contributed by atoms with Crippen molar-refractivity contribution in [3.05, 3.63) is 48.6 Å². The molecule has 0 rings (SSSR count). The van der Waals surface area contributed by atoms with Gasteiger partial charge < -0.3 is 14.2 Å². The molecular weight excluding hydrogens is 913 g/mol. The van der Waals surface area contributed by atoms with E-state index in [1.165, 1.54) is 218 Å². The Morgan fingerprint density at radius 3 is 0.824 bits per heavy atom. The van der Waals surface area contributed by atoms with E-state index in [1.807, 2.05) is 0 Å². The fraction of sp³-hybridized carbons (Fsp3) is 0.838. The molecule has 0 bridgehead atoms. The second-order valence-corrected chi connectivity index (χ2v) is 22.0. The van der Waals surface area contributed by atoms with E-state index in [-0.39, 0.29) is 31.1 Å². The van der Waals surface area contributed by atoms with Crippen molar-refractivity contribution in [2.75, 3.05) is 13.2 Å². The normalized spacial score (nSPS) is 12.3. The summed E-state index contributed by atoms with van der Waals surface area (Å²) in [7, 11) is 0. The number of ether oxygens (including phenoxy) is 3. The van der Waals surface area contributed by atoms with Crippen LogP contribution in [0.4, 0.5) is 0 Å². The molecule has 0 amide bonds. The van der Waals surface area contributed by atoms with Crippen LogP contribution in [0.5, 0.6) is 0 Å². The summed E-state index contributed by atoms with van der Waals surface area (Å²) in [5.74, 6) is -0.860. The van der Waals surface area contributed by atoms with Crippen LogP contribution in [0.1, 0.15) is 348 Å². The first-order valence-electron chi connectivity index (χ1n) is 32.6.